The van der Waals surface area contributed by atoms with Crippen molar-refractivity contribution in [3.8, 4) is 0 Å². The molecule has 0 aromatic rings. The molecule has 4 nitrogen and oxygen atoms in total. The van der Waals surface area contributed by atoms with Gasteiger partial charge in [0.05, 0.1) is 13.2 Å². The maximum Gasteiger partial charge on any atom is 0.125 e. The van der Waals surface area contributed by atoms with Crippen LogP contribution < -0.4 is 0 Å². The third-order valence-electron chi connectivity index (χ3n) is 2.10. The molecule has 0 unspecified atom stereocenters. The highest BCUT2D eigenvalue weighted by Crippen LogP contribution is 2.09. The highest BCUT2D eigenvalue weighted by Gasteiger charge is 2.16. The molecule has 2 heterocycles. The quantitative estimate of drug-likeness (QED) is 0.685. The number of morpholine rings is 1. The van der Waals surface area contributed by atoms with Crippen molar-refractivity contribution in [3.05, 3.63) is 12.3 Å². The van der Waals surface area contributed by atoms with Crippen LogP contribution in [0.5, 0.6) is 0 Å². The summed E-state index contributed by atoms with van der Waals surface area (Å²) < 4.78 is 6.19. The maximum atomic E-state index is 5.27. The number of nitrogens with zero attached hydrogens (tertiary/aromatic N) is 3. The zero-order valence-corrected chi connectivity index (χ0v) is 8.90. The average molecular weight is 246 g/mol. The van der Waals surface area contributed by atoms with Crippen molar-refractivity contribution >= 4 is 20.6 Å². The molecule has 5 heteroatoms. The van der Waals surface area contributed by atoms with Gasteiger partial charge in [-0.2, -0.15) is 0 Å². The Morgan fingerprint density at radius 3 is 2.77 bits per heavy atom. The molecule has 0 N–H and O–H groups in total. The van der Waals surface area contributed by atoms with Crippen LogP contribution in [-0.2, 0) is 4.74 Å². The molecule has 1 saturated heterocycles. The fourth-order valence-electron chi connectivity index (χ4n) is 1.38. The van der Waals surface area contributed by atoms with E-state index in [0.717, 1.165) is 30.9 Å². The number of hydrazine groups is 1. The van der Waals surface area contributed by atoms with Gasteiger partial charge >= 0.3 is 0 Å². The molecular weight excluding hydrogens is 234 g/mol. The lowest BCUT2D eigenvalue weighted by Gasteiger charge is -2.36. The first kappa shape index (κ1) is 9.18. The summed E-state index contributed by atoms with van der Waals surface area (Å²) in [7, 11) is 0. The van der Waals surface area contributed by atoms with Gasteiger partial charge in [0.25, 0.3) is 0 Å². The highest BCUT2D eigenvalue weighted by molar-refractivity contribution is 9.18. The molecule has 2 rings (SSSR count). The summed E-state index contributed by atoms with van der Waals surface area (Å²) in [6.45, 7) is 4.25. The molecule has 0 aromatic heterocycles. The van der Waals surface area contributed by atoms with Gasteiger partial charge in [-0.25, -0.2) is 5.01 Å². The fourth-order valence-corrected chi connectivity index (χ4v) is 1.61. The van der Waals surface area contributed by atoms with Crippen molar-refractivity contribution in [2.45, 2.75) is 0 Å². The van der Waals surface area contributed by atoms with E-state index in [1.165, 1.54) is 0 Å². The number of rotatable bonds is 1. The second kappa shape index (κ2) is 4.21. The smallest absolute Gasteiger partial charge is 0.125 e. The lowest BCUT2D eigenvalue weighted by atomic mass is 10.5. The number of hydrogen-bond donors (Lipinski definition) is 0. The first-order valence-corrected chi connectivity index (χ1v) is 5.13. The Balaban J connectivity index is 1.91. The molecule has 0 radical (unpaired) electrons. The first-order valence-electron chi connectivity index (χ1n) is 4.34. The highest BCUT2D eigenvalue weighted by atomic mass is 79.9. The van der Waals surface area contributed by atoms with Crippen LogP contribution in [0.4, 0.5) is 0 Å². The lowest BCUT2D eigenvalue weighted by molar-refractivity contribution is -0.0618. The summed E-state index contributed by atoms with van der Waals surface area (Å²) in [5.41, 5.74) is 0. The third-order valence-corrected chi connectivity index (χ3v) is 2.62. The Hall–Kier alpha value is -0.390. The summed E-state index contributed by atoms with van der Waals surface area (Å²) in [6, 6.07) is 0. The fraction of sp³-hybridized carbons (Fsp3) is 0.625. The molecule has 72 valence electrons. The zero-order valence-electron chi connectivity index (χ0n) is 7.32. The van der Waals surface area contributed by atoms with Gasteiger partial charge in [-0.05, 0) is 22.0 Å². The van der Waals surface area contributed by atoms with Crippen LogP contribution in [0.1, 0.15) is 0 Å². The summed E-state index contributed by atoms with van der Waals surface area (Å²) >= 11 is 3.33. The van der Waals surface area contributed by atoms with Crippen molar-refractivity contribution in [1.29, 1.82) is 0 Å². The van der Waals surface area contributed by atoms with Crippen molar-refractivity contribution in [2.24, 2.45) is 4.99 Å². The number of hydrogen-bond acceptors (Lipinski definition) is 4. The molecule has 0 atom stereocenters. The number of allylic oxidation sites excluding steroid dienone is 1. The predicted molar refractivity (Wildman–Crippen MR) is 54.6 cm³/mol. The first-order chi connectivity index (χ1) is 6.36. The second-order valence-corrected chi connectivity index (χ2v) is 3.76. The van der Waals surface area contributed by atoms with Crippen molar-refractivity contribution in [3.63, 3.8) is 0 Å². The van der Waals surface area contributed by atoms with E-state index in [1.54, 1.807) is 0 Å². The topological polar surface area (TPSA) is 28.1 Å². The summed E-state index contributed by atoms with van der Waals surface area (Å²) in [4.78, 5) is 4.28. The van der Waals surface area contributed by atoms with Gasteiger partial charge in [-0.3, -0.25) is 10.0 Å². The third kappa shape index (κ3) is 2.30. The molecule has 1 fully saturated rings. The van der Waals surface area contributed by atoms with Gasteiger partial charge in [0, 0.05) is 19.3 Å². The molecule has 0 aliphatic carbocycles. The SMILES string of the molecule is BrC1=NCN(N2CCOCC2)C=C1. The largest absolute Gasteiger partial charge is 0.379 e. The Bertz CT molecular complexity index is 236. The summed E-state index contributed by atoms with van der Waals surface area (Å²) in [5, 5.41) is 4.37. The van der Waals surface area contributed by atoms with E-state index in [1.807, 2.05) is 12.3 Å². The second-order valence-electron chi connectivity index (χ2n) is 2.94. The Labute approximate surface area is 86.0 Å². The minimum atomic E-state index is 0.705. The molecule has 2 aliphatic heterocycles. The van der Waals surface area contributed by atoms with Gasteiger partial charge < -0.3 is 4.74 Å². The lowest BCUT2D eigenvalue weighted by Crippen LogP contribution is -2.46. The average Bonchev–Trinajstić information content (AvgIpc) is 2.20. The minimum Gasteiger partial charge on any atom is -0.379 e. The number of ether oxygens (including phenoxy) is 1. The summed E-state index contributed by atoms with van der Waals surface area (Å²) in [5.74, 6) is 0. The van der Waals surface area contributed by atoms with E-state index in [4.69, 9.17) is 4.74 Å². The molecule has 13 heavy (non-hydrogen) atoms. The van der Waals surface area contributed by atoms with Crippen LogP contribution >= 0.6 is 15.9 Å². The minimum absolute atomic E-state index is 0.705. The van der Waals surface area contributed by atoms with Gasteiger partial charge in [0.15, 0.2) is 0 Å². The molecule has 0 aromatic carbocycles. The Morgan fingerprint density at radius 1 is 1.38 bits per heavy atom. The van der Waals surface area contributed by atoms with Crippen molar-refractivity contribution in [2.75, 3.05) is 33.0 Å². The van der Waals surface area contributed by atoms with Crippen LogP contribution in [0.2, 0.25) is 0 Å². The summed E-state index contributed by atoms with van der Waals surface area (Å²) in [6.07, 6.45) is 4.00. The van der Waals surface area contributed by atoms with Crippen LogP contribution in [-0.4, -0.2) is 47.6 Å². The van der Waals surface area contributed by atoms with Crippen LogP contribution in [0, 0.1) is 0 Å². The van der Waals surface area contributed by atoms with E-state index >= 15 is 0 Å². The van der Waals surface area contributed by atoms with E-state index in [-0.39, 0.29) is 0 Å². The van der Waals surface area contributed by atoms with Gasteiger partial charge in [-0.15, -0.1) is 0 Å². The number of aliphatic imine (C=N–C) groups is 1. The van der Waals surface area contributed by atoms with Crippen molar-refractivity contribution in [1.82, 2.24) is 10.0 Å². The predicted octanol–water partition coefficient (Wildman–Crippen LogP) is 0.814. The maximum absolute atomic E-state index is 5.27. The molecule has 0 spiro atoms. The Kier molecular flexibility index (Phi) is 2.97. The normalized spacial score (nSPS) is 24.7. The zero-order chi connectivity index (χ0) is 9.10. The number of halogens is 1. The van der Waals surface area contributed by atoms with E-state index in [0.29, 0.717) is 6.67 Å². The van der Waals surface area contributed by atoms with Crippen molar-refractivity contribution < 1.29 is 4.74 Å². The molecular formula is C8H12BrN3O. The van der Waals surface area contributed by atoms with E-state index in [9.17, 15) is 0 Å². The molecule has 0 saturated carbocycles. The molecule has 2 aliphatic rings. The van der Waals surface area contributed by atoms with E-state index < -0.39 is 0 Å². The van der Waals surface area contributed by atoms with Gasteiger partial charge in [0.2, 0.25) is 0 Å². The molecule has 0 bridgehead atoms. The van der Waals surface area contributed by atoms with Crippen LogP contribution in [0.3, 0.4) is 0 Å². The van der Waals surface area contributed by atoms with E-state index in [2.05, 4.69) is 30.9 Å². The van der Waals surface area contributed by atoms with Gasteiger partial charge in [0.1, 0.15) is 11.3 Å². The Morgan fingerprint density at radius 2 is 2.15 bits per heavy atom. The van der Waals surface area contributed by atoms with Gasteiger partial charge in [-0.1, -0.05) is 0 Å². The monoisotopic (exact) mass is 245 g/mol. The molecule has 0 amide bonds. The van der Waals surface area contributed by atoms with Crippen LogP contribution in [0.25, 0.3) is 0 Å². The standard InChI is InChI=1S/C8H12BrN3O/c9-8-1-2-12(7-10-8)11-3-5-13-6-4-11/h1-2H,3-7H2. The van der Waals surface area contributed by atoms with Crippen LogP contribution in [0.15, 0.2) is 17.3 Å².